The van der Waals surface area contributed by atoms with Crippen LogP contribution in [-0.2, 0) is 10.9 Å². The molecule has 2 aliphatic heterocycles. The van der Waals surface area contributed by atoms with Crippen molar-refractivity contribution in [3.63, 3.8) is 0 Å². The van der Waals surface area contributed by atoms with Crippen molar-refractivity contribution in [3.05, 3.63) is 29.8 Å². The highest BCUT2D eigenvalue weighted by Crippen LogP contribution is 2.53. The molecule has 2 heterocycles. The highest BCUT2D eigenvalue weighted by molar-refractivity contribution is 7.53. The summed E-state index contributed by atoms with van der Waals surface area (Å²) in [5.41, 5.74) is 2.89. The molecule has 1 fully saturated rings. The Morgan fingerprint density at radius 2 is 2.31 bits per heavy atom. The molecule has 0 saturated carbocycles. The Hall–Kier alpha value is -0.590. The zero-order valence-electron chi connectivity index (χ0n) is 7.60. The van der Waals surface area contributed by atoms with E-state index in [9.17, 15) is 0 Å². The number of hydrogen-bond donors (Lipinski definition) is 0. The predicted octanol–water partition coefficient (Wildman–Crippen LogP) is 2.39. The van der Waals surface area contributed by atoms with Crippen LogP contribution in [0.15, 0.2) is 24.3 Å². The lowest BCUT2D eigenvalue weighted by Gasteiger charge is -2.20. The lowest BCUT2D eigenvalue weighted by atomic mass is 10.1. The Morgan fingerprint density at radius 1 is 1.46 bits per heavy atom. The Labute approximate surface area is 79.4 Å². The van der Waals surface area contributed by atoms with Gasteiger partial charge in [0.2, 0.25) is 0 Å². The molecule has 0 radical (unpaired) electrons. The lowest BCUT2D eigenvalue weighted by Crippen LogP contribution is -2.22. The van der Waals surface area contributed by atoms with E-state index in [1.807, 2.05) is 0 Å². The quantitative estimate of drug-likeness (QED) is 0.586. The Morgan fingerprint density at radius 3 is 3.23 bits per heavy atom. The fourth-order valence-corrected chi connectivity index (χ4v) is 3.83. The van der Waals surface area contributed by atoms with Crippen LogP contribution in [0.3, 0.4) is 0 Å². The smallest absolute Gasteiger partial charge is 0.129 e. The van der Waals surface area contributed by atoms with E-state index in [4.69, 9.17) is 4.52 Å². The molecule has 1 saturated heterocycles. The third kappa shape index (κ3) is 1.02. The first-order chi connectivity index (χ1) is 6.36. The van der Waals surface area contributed by atoms with Crippen LogP contribution >= 0.6 is 8.30 Å². The maximum absolute atomic E-state index is 5.67. The van der Waals surface area contributed by atoms with Crippen LogP contribution in [0, 0.1) is 0 Å². The van der Waals surface area contributed by atoms with Crippen LogP contribution in [0.25, 0.3) is 0 Å². The lowest BCUT2D eigenvalue weighted by molar-refractivity contribution is 0.365. The summed E-state index contributed by atoms with van der Waals surface area (Å²) < 4.78 is 8.13. The molecule has 2 nitrogen and oxygen atoms in total. The topological polar surface area (TPSA) is 12.5 Å². The Bertz CT molecular complexity index is 341. The van der Waals surface area contributed by atoms with Gasteiger partial charge < -0.3 is 9.19 Å². The van der Waals surface area contributed by atoms with E-state index in [0.29, 0.717) is 6.04 Å². The van der Waals surface area contributed by atoms with Gasteiger partial charge in [0.25, 0.3) is 0 Å². The van der Waals surface area contributed by atoms with Crippen molar-refractivity contribution in [1.82, 2.24) is 0 Å². The van der Waals surface area contributed by atoms with Gasteiger partial charge in [-0.15, -0.1) is 0 Å². The van der Waals surface area contributed by atoms with Crippen LogP contribution in [0.1, 0.15) is 5.56 Å². The van der Waals surface area contributed by atoms with E-state index >= 15 is 0 Å². The summed E-state index contributed by atoms with van der Waals surface area (Å²) >= 11 is 0. The van der Waals surface area contributed by atoms with Gasteiger partial charge in [0.15, 0.2) is 0 Å². The van der Waals surface area contributed by atoms with Crippen LogP contribution in [-0.4, -0.2) is 19.3 Å². The number of nitrogens with zero attached hydrogens (tertiary/aromatic N) is 1. The highest BCUT2D eigenvalue weighted by Gasteiger charge is 2.38. The van der Waals surface area contributed by atoms with Gasteiger partial charge in [0.05, 0.1) is 12.6 Å². The highest BCUT2D eigenvalue weighted by atomic mass is 31.2. The van der Waals surface area contributed by atoms with E-state index in [1.165, 1.54) is 17.7 Å². The first-order valence-corrected chi connectivity index (χ1v) is 6.26. The second-order valence-electron chi connectivity index (χ2n) is 3.59. The van der Waals surface area contributed by atoms with Gasteiger partial charge in [-0.25, -0.2) is 0 Å². The molecule has 13 heavy (non-hydrogen) atoms. The van der Waals surface area contributed by atoms with Crippen molar-refractivity contribution in [2.24, 2.45) is 0 Å². The minimum Gasteiger partial charge on any atom is -0.337 e. The summed E-state index contributed by atoms with van der Waals surface area (Å²) in [5, 5.41) is 0. The monoisotopic (exact) mass is 193 g/mol. The molecule has 3 rings (SSSR count). The maximum atomic E-state index is 5.67. The number of benzene rings is 1. The molecule has 0 aromatic heterocycles. The molecule has 0 spiro atoms. The number of rotatable bonds is 0. The number of fused-ring (bicyclic) bond motifs is 3. The van der Waals surface area contributed by atoms with Gasteiger partial charge in [0.1, 0.15) is 8.30 Å². The van der Waals surface area contributed by atoms with Crippen molar-refractivity contribution >= 4 is 14.0 Å². The molecular formula is C10H12NOP. The van der Waals surface area contributed by atoms with Crippen LogP contribution in [0.2, 0.25) is 0 Å². The largest absolute Gasteiger partial charge is 0.337 e. The molecule has 2 atom stereocenters. The van der Waals surface area contributed by atoms with Crippen molar-refractivity contribution in [2.75, 3.05) is 17.9 Å². The van der Waals surface area contributed by atoms with Crippen LogP contribution in [0.4, 0.5) is 5.69 Å². The van der Waals surface area contributed by atoms with Crippen molar-refractivity contribution in [2.45, 2.75) is 12.5 Å². The number of anilines is 1. The molecule has 0 amide bonds. The van der Waals surface area contributed by atoms with E-state index in [1.54, 1.807) is 0 Å². The Balaban J connectivity index is 2.08. The van der Waals surface area contributed by atoms with E-state index in [0.717, 1.165) is 6.61 Å². The third-order valence-electron chi connectivity index (χ3n) is 2.80. The van der Waals surface area contributed by atoms with Crippen molar-refractivity contribution < 1.29 is 4.52 Å². The molecular weight excluding hydrogens is 181 g/mol. The summed E-state index contributed by atoms with van der Waals surface area (Å²) in [7, 11) is -0.359. The zero-order chi connectivity index (χ0) is 8.84. The van der Waals surface area contributed by atoms with Gasteiger partial charge in [-0.05, 0) is 24.7 Å². The van der Waals surface area contributed by atoms with Crippen molar-refractivity contribution in [1.29, 1.82) is 0 Å². The molecule has 68 valence electrons. The third-order valence-corrected chi connectivity index (χ3v) is 4.47. The second kappa shape index (κ2) is 2.70. The average molecular weight is 193 g/mol. The van der Waals surface area contributed by atoms with Crippen LogP contribution < -0.4 is 4.67 Å². The fourth-order valence-electron chi connectivity index (χ4n) is 2.21. The number of hydrogen-bond acceptors (Lipinski definition) is 2. The van der Waals surface area contributed by atoms with Gasteiger partial charge in [-0.2, -0.15) is 0 Å². The fraction of sp³-hybridized carbons (Fsp3) is 0.400. The standard InChI is InChI=1S/C10H12NOP/c1-13-11-9(7-12-13)6-8-4-2-3-5-10(8)11/h2-5,9H,6-7H2,1H3/t9-,13+/m0/s1. The molecule has 0 bridgehead atoms. The zero-order valence-corrected chi connectivity index (χ0v) is 8.50. The molecule has 3 heteroatoms. The molecule has 0 unspecified atom stereocenters. The van der Waals surface area contributed by atoms with Gasteiger partial charge >= 0.3 is 0 Å². The first-order valence-electron chi connectivity index (χ1n) is 4.60. The van der Waals surface area contributed by atoms with Gasteiger partial charge in [-0.1, -0.05) is 18.2 Å². The maximum Gasteiger partial charge on any atom is 0.129 e. The first kappa shape index (κ1) is 7.78. The van der Waals surface area contributed by atoms with E-state index in [-0.39, 0.29) is 8.30 Å². The van der Waals surface area contributed by atoms with E-state index in [2.05, 4.69) is 35.6 Å². The van der Waals surface area contributed by atoms with Gasteiger partial charge in [-0.3, -0.25) is 0 Å². The second-order valence-corrected chi connectivity index (χ2v) is 5.21. The minimum atomic E-state index is -0.359. The minimum absolute atomic E-state index is 0.359. The molecule has 1 aromatic rings. The van der Waals surface area contributed by atoms with Crippen LogP contribution in [0.5, 0.6) is 0 Å². The predicted molar refractivity (Wildman–Crippen MR) is 55.2 cm³/mol. The molecule has 1 aromatic carbocycles. The van der Waals surface area contributed by atoms with E-state index < -0.39 is 0 Å². The summed E-state index contributed by atoms with van der Waals surface area (Å²) in [5.74, 6) is 0. The van der Waals surface area contributed by atoms with Crippen molar-refractivity contribution in [3.8, 4) is 0 Å². The SMILES string of the molecule is C[P@@]1OC[C@@H]2Cc3ccccc3N21. The molecule has 0 N–H and O–H groups in total. The average Bonchev–Trinajstić information content (AvgIpc) is 2.66. The summed E-state index contributed by atoms with van der Waals surface area (Å²) in [4.78, 5) is 0. The van der Waals surface area contributed by atoms with Gasteiger partial charge in [0, 0.05) is 5.69 Å². The molecule has 0 aliphatic carbocycles. The molecule has 2 aliphatic rings. The Kier molecular flexibility index (Phi) is 1.61. The summed E-state index contributed by atoms with van der Waals surface area (Å²) in [6.07, 6.45) is 1.17. The summed E-state index contributed by atoms with van der Waals surface area (Å²) in [6.45, 7) is 3.11. The number of para-hydroxylation sites is 1. The normalized spacial score (nSPS) is 30.4. The summed E-state index contributed by atoms with van der Waals surface area (Å²) in [6, 6.07) is 9.30.